The van der Waals surface area contributed by atoms with Gasteiger partial charge in [0.15, 0.2) is 0 Å². The van der Waals surface area contributed by atoms with Crippen molar-refractivity contribution in [2.45, 2.75) is 63.8 Å². The number of carbonyl (C=O) groups is 3. The van der Waals surface area contributed by atoms with Gasteiger partial charge in [0.2, 0.25) is 11.8 Å². The molecule has 0 saturated heterocycles. The summed E-state index contributed by atoms with van der Waals surface area (Å²) in [6.45, 7) is -0.0645. The van der Waals surface area contributed by atoms with E-state index >= 15 is 0 Å². The van der Waals surface area contributed by atoms with Gasteiger partial charge in [-0.2, -0.15) is 0 Å². The van der Waals surface area contributed by atoms with E-state index in [9.17, 15) is 19.5 Å². The van der Waals surface area contributed by atoms with Gasteiger partial charge in [0.25, 0.3) is 0 Å². The van der Waals surface area contributed by atoms with Crippen molar-refractivity contribution in [2.75, 3.05) is 6.54 Å². The van der Waals surface area contributed by atoms with E-state index in [1.807, 2.05) is 0 Å². The van der Waals surface area contributed by atoms with Gasteiger partial charge in [0.1, 0.15) is 0 Å². The Morgan fingerprint density at radius 1 is 1.00 bits per heavy atom. The Morgan fingerprint density at radius 2 is 1.62 bits per heavy atom. The van der Waals surface area contributed by atoms with Gasteiger partial charge in [-0.15, -0.1) is 0 Å². The number of carboxylic acids is 1. The maximum absolute atomic E-state index is 12.0. The van der Waals surface area contributed by atoms with Crippen molar-refractivity contribution in [3.8, 4) is 0 Å². The molecule has 0 bridgehead atoms. The minimum absolute atomic E-state index is 0.0287. The number of rotatable bonds is 6. The summed E-state index contributed by atoms with van der Waals surface area (Å²) in [6.07, 6.45) is 6.82. The van der Waals surface area contributed by atoms with Crippen LogP contribution < -0.4 is 10.6 Å². The number of aliphatic carboxylic acids is 1. The summed E-state index contributed by atoms with van der Waals surface area (Å²) in [6, 6.07) is 0.265. The molecule has 0 aliphatic heterocycles. The van der Waals surface area contributed by atoms with E-state index in [1.165, 1.54) is 0 Å². The minimum atomic E-state index is -0.951. The first-order valence-corrected chi connectivity index (χ1v) is 7.81. The lowest BCUT2D eigenvalue weighted by Gasteiger charge is -2.27. The first-order valence-electron chi connectivity index (χ1n) is 7.81. The number of nitrogens with one attached hydrogen (secondary N) is 2. The summed E-state index contributed by atoms with van der Waals surface area (Å²) in [4.78, 5) is 35.1. The van der Waals surface area contributed by atoms with Crippen LogP contribution in [0, 0.1) is 5.41 Å². The normalized spacial score (nSPS) is 21.1. The molecule has 0 aromatic rings. The lowest BCUT2D eigenvalue weighted by Crippen LogP contribution is -2.41. The summed E-state index contributed by atoms with van der Waals surface area (Å²) in [5.41, 5.74) is -0.951. The minimum Gasteiger partial charge on any atom is -0.481 e. The third-order valence-corrected chi connectivity index (χ3v) is 4.40. The van der Waals surface area contributed by atoms with Crippen LogP contribution in [0.5, 0.6) is 0 Å². The second-order valence-corrected chi connectivity index (χ2v) is 6.29. The number of hydrogen-bond donors (Lipinski definition) is 3. The van der Waals surface area contributed by atoms with Crippen LogP contribution in [0.3, 0.4) is 0 Å². The third kappa shape index (κ3) is 4.72. The maximum atomic E-state index is 12.0. The van der Waals surface area contributed by atoms with Crippen LogP contribution in [0.15, 0.2) is 0 Å². The summed E-state index contributed by atoms with van der Waals surface area (Å²) in [5, 5.41) is 14.8. The Bertz CT molecular complexity index is 410. The van der Waals surface area contributed by atoms with Crippen molar-refractivity contribution >= 4 is 17.8 Å². The van der Waals surface area contributed by atoms with Crippen LogP contribution in [-0.4, -0.2) is 35.5 Å². The Hall–Kier alpha value is -1.59. The summed E-state index contributed by atoms with van der Waals surface area (Å²) >= 11 is 0. The van der Waals surface area contributed by atoms with Crippen LogP contribution in [0.2, 0.25) is 0 Å². The third-order valence-electron chi connectivity index (χ3n) is 4.40. The van der Waals surface area contributed by atoms with Crippen molar-refractivity contribution < 1.29 is 19.5 Å². The lowest BCUT2D eigenvalue weighted by atomic mass is 9.77. The van der Waals surface area contributed by atoms with Crippen molar-refractivity contribution in [1.82, 2.24) is 10.6 Å². The molecule has 0 unspecified atom stereocenters. The molecule has 2 aliphatic carbocycles. The molecule has 0 radical (unpaired) electrons. The molecular formula is C15H24N2O4. The van der Waals surface area contributed by atoms with E-state index in [0.717, 1.165) is 38.5 Å². The first-order chi connectivity index (χ1) is 10.0. The Morgan fingerprint density at radius 3 is 2.14 bits per heavy atom. The van der Waals surface area contributed by atoms with E-state index in [1.54, 1.807) is 0 Å². The van der Waals surface area contributed by atoms with Crippen molar-refractivity contribution in [3.05, 3.63) is 0 Å². The summed E-state index contributed by atoms with van der Waals surface area (Å²) in [5.74, 6) is -1.43. The SMILES string of the molecule is O=C(CC1(C(=O)O)CCCCCC1)NCC(=O)NC1CC1. The molecule has 6 heteroatoms. The Kier molecular flexibility index (Phi) is 5.20. The Labute approximate surface area is 124 Å². The quantitative estimate of drug-likeness (QED) is 0.642. The zero-order valence-electron chi connectivity index (χ0n) is 12.3. The fourth-order valence-electron chi connectivity index (χ4n) is 2.93. The van der Waals surface area contributed by atoms with Gasteiger partial charge in [0, 0.05) is 12.5 Å². The van der Waals surface area contributed by atoms with Crippen LogP contribution in [0.1, 0.15) is 57.8 Å². The summed E-state index contributed by atoms with van der Waals surface area (Å²) in [7, 11) is 0. The Balaban J connectivity index is 1.82. The van der Waals surface area contributed by atoms with Crippen LogP contribution in [0.4, 0.5) is 0 Å². The average Bonchev–Trinajstić information content (AvgIpc) is 3.24. The summed E-state index contributed by atoms with van der Waals surface area (Å²) < 4.78 is 0. The molecule has 0 spiro atoms. The fourth-order valence-corrected chi connectivity index (χ4v) is 2.93. The second-order valence-electron chi connectivity index (χ2n) is 6.29. The number of carboxylic acid groups (broad SMARTS) is 1. The van der Waals surface area contributed by atoms with Gasteiger partial charge < -0.3 is 15.7 Å². The highest BCUT2D eigenvalue weighted by atomic mass is 16.4. The highest BCUT2D eigenvalue weighted by Gasteiger charge is 2.40. The zero-order valence-corrected chi connectivity index (χ0v) is 12.3. The molecule has 2 aliphatic rings. The second kappa shape index (κ2) is 6.91. The molecule has 6 nitrogen and oxygen atoms in total. The predicted molar refractivity (Wildman–Crippen MR) is 76.6 cm³/mol. The fraction of sp³-hybridized carbons (Fsp3) is 0.800. The molecule has 2 amide bonds. The van der Waals surface area contributed by atoms with Gasteiger partial charge in [0.05, 0.1) is 12.0 Å². The topological polar surface area (TPSA) is 95.5 Å². The monoisotopic (exact) mass is 296 g/mol. The van der Waals surface area contributed by atoms with Gasteiger partial charge in [-0.1, -0.05) is 25.7 Å². The first kappa shape index (κ1) is 15.8. The molecule has 2 saturated carbocycles. The molecular weight excluding hydrogens is 272 g/mol. The molecule has 2 fully saturated rings. The zero-order chi connectivity index (χ0) is 15.3. The number of carbonyl (C=O) groups excluding carboxylic acids is 2. The van der Waals surface area contributed by atoms with E-state index < -0.39 is 11.4 Å². The van der Waals surface area contributed by atoms with Crippen LogP contribution in [0.25, 0.3) is 0 Å². The highest BCUT2D eigenvalue weighted by molar-refractivity contribution is 5.88. The number of hydrogen-bond acceptors (Lipinski definition) is 3. The van der Waals surface area contributed by atoms with E-state index in [4.69, 9.17) is 0 Å². The van der Waals surface area contributed by atoms with Crippen molar-refractivity contribution in [2.24, 2.45) is 5.41 Å². The average molecular weight is 296 g/mol. The molecule has 0 heterocycles. The molecule has 118 valence electrons. The van der Waals surface area contributed by atoms with Gasteiger partial charge >= 0.3 is 5.97 Å². The molecule has 0 aromatic heterocycles. The largest absolute Gasteiger partial charge is 0.481 e. The number of amides is 2. The smallest absolute Gasteiger partial charge is 0.310 e. The van der Waals surface area contributed by atoms with Gasteiger partial charge in [-0.25, -0.2) is 0 Å². The van der Waals surface area contributed by atoms with Crippen LogP contribution in [-0.2, 0) is 14.4 Å². The van der Waals surface area contributed by atoms with Gasteiger partial charge in [-0.3, -0.25) is 14.4 Å². The van der Waals surface area contributed by atoms with Gasteiger partial charge in [-0.05, 0) is 25.7 Å². The van der Waals surface area contributed by atoms with E-state index in [-0.39, 0.29) is 30.8 Å². The standard InChI is InChI=1S/C15H24N2O4/c18-12(16-10-13(19)17-11-5-6-11)9-15(14(20)21)7-3-1-2-4-8-15/h11H,1-10H2,(H,16,18)(H,17,19)(H,20,21). The molecule has 2 rings (SSSR count). The molecule has 0 aromatic carbocycles. The van der Waals surface area contributed by atoms with Crippen LogP contribution >= 0.6 is 0 Å². The molecule has 3 N–H and O–H groups in total. The van der Waals surface area contributed by atoms with E-state index in [0.29, 0.717) is 12.8 Å². The lowest BCUT2D eigenvalue weighted by molar-refractivity contribution is -0.152. The van der Waals surface area contributed by atoms with Crippen molar-refractivity contribution in [3.63, 3.8) is 0 Å². The maximum Gasteiger partial charge on any atom is 0.310 e. The van der Waals surface area contributed by atoms with E-state index in [2.05, 4.69) is 10.6 Å². The molecule has 0 atom stereocenters. The predicted octanol–water partition coefficient (Wildman–Crippen LogP) is 1.20. The van der Waals surface area contributed by atoms with Crippen molar-refractivity contribution in [1.29, 1.82) is 0 Å². The highest BCUT2D eigenvalue weighted by Crippen LogP contribution is 2.38. The molecule has 21 heavy (non-hydrogen) atoms.